The Morgan fingerprint density at radius 3 is 1.92 bits per heavy atom. The highest BCUT2D eigenvalue weighted by Crippen LogP contribution is 2.31. The number of rotatable bonds is 5. The van der Waals surface area contributed by atoms with Crippen LogP contribution >= 0.6 is 11.6 Å². The van der Waals surface area contributed by atoms with E-state index in [1.54, 1.807) is 4.90 Å². The number of halogens is 2. The van der Waals surface area contributed by atoms with Gasteiger partial charge in [0.25, 0.3) is 5.91 Å². The summed E-state index contributed by atoms with van der Waals surface area (Å²) >= 11 is 6.13. The molecule has 0 aliphatic heterocycles. The van der Waals surface area contributed by atoms with Gasteiger partial charge in [0.2, 0.25) is 0 Å². The zero-order valence-corrected chi connectivity index (χ0v) is 15.2. The molecule has 0 fully saturated rings. The van der Waals surface area contributed by atoms with Crippen molar-refractivity contribution >= 4 is 17.5 Å². The molecule has 132 valence electrons. The largest absolute Gasteiger partial charge is 0.328 e. The Hall–Kier alpha value is -2.65. The van der Waals surface area contributed by atoms with E-state index in [0.29, 0.717) is 6.54 Å². The summed E-state index contributed by atoms with van der Waals surface area (Å²) in [6.45, 7) is 2.30. The third-order valence-corrected chi connectivity index (χ3v) is 4.64. The minimum atomic E-state index is -0.610. The van der Waals surface area contributed by atoms with Crippen LogP contribution in [0.2, 0.25) is 5.02 Å². The first-order valence-electron chi connectivity index (χ1n) is 8.48. The maximum atomic E-state index is 14.3. The Morgan fingerprint density at radius 1 is 0.923 bits per heavy atom. The Kier molecular flexibility index (Phi) is 5.69. The predicted octanol–water partition coefficient (Wildman–Crippen LogP) is 5.73. The van der Waals surface area contributed by atoms with E-state index < -0.39 is 11.7 Å². The highest BCUT2D eigenvalue weighted by molar-refractivity contribution is 6.33. The van der Waals surface area contributed by atoms with Crippen molar-refractivity contribution in [3.05, 3.63) is 106 Å². The molecule has 0 bridgehead atoms. The van der Waals surface area contributed by atoms with Gasteiger partial charge in [0.1, 0.15) is 5.82 Å². The molecule has 0 spiro atoms. The molecule has 0 radical (unpaired) electrons. The quantitative estimate of drug-likeness (QED) is 0.563. The number of carbonyl (C=O) groups excluding carboxylic acids is 1. The summed E-state index contributed by atoms with van der Waals surface area (Å²) in [6, 6.07) is 23.4. The molecular weight excluding hydrogens is 349 g/mol. The number of amides is 1. The number of benzene rings is 3. The molecule has 2 nitrogen and oxygen atoms in total. The predicted molar refractivity (Wildman–Crippen MR) is 103 cm³/mol. The van der Waals surface area contributed by atoms with Crippen LogP contribution in [0.3, 0.4) is 0 Å². The summed E-state index contributed by atoms with van der Waals surface area (Å²) < 4.78 is 14.3. The molecule has 0 atom stereocenters. The van der Waals surface area contributed by atoms with Crippen LogP contribution < -0.4 is 0 Å². The lowest BCUT2D eigenvalue weighted by Gasteiger charge is -2.32. The Bertz CT molecular complexity index is 823. The fraction of sp³-hybridized carbons (Fsp3) is 0.136. The first-order valence-corrected chi connectivity index (χ1v) is 8.86. The summed E-state index contributed by atoms with van der Waals surface area (Å²) in [5, 5.41) is 0.119. The van der Waals surface area contributed by atoms with E-state index in [0.717, 1.165) is 11.1 Å². The van der Waals surface area contributed by atoms with Gasteiger partial charge < -0.3 is 4.90 Å². The van der Waals surface area contributed by atoms with Crippen molar-refractivity contribution in [2.75, 3.05) is 6.54 Å². The van der Waals surface area contributed by atoms with Gasteiger partial charge in [-0.05, 0) is 30.2 Å². The van der Waals surface area contributed by atoms with Crippen molar-refractivity contribution in [3.8, 4) is 0 Å². The minimum Gasteiger partial charge on any atom is -0.328 e. The minimum absolute atomic E-state index is 0.0899. The molecule has 4 heteroatoms. The van der Waals surface area contributed by atoms with Crippen LogP contribution in [-0.2, 0) is 0 Å². The summed E-state index contributed by atoms with van der Waals surface area (Å²) in [5.41, 5.74) is 1.83. The van der Waals surface area contributed by atoms with E-state index >= 15 is 0 Å². The Morgan fingerprint density at radius 2 is 1.46 bits per heavy atom. The molecule has 0 saturated carbocycles. The van der Waals surface area contributed by atoms with E-state index in [4.69, 9.17) is 11.6 Å². The van der Waals surface area contributed by atoms with E-state index in [9.17, 15) is 9.18 Å². The van der Waals surface area contributed by atoms with Crippen LogP contribution in [0, 0.1) is 5.82 Å². The third-order valence-electron chi connectivity index (χ3n) is 4.32. The Balaban J connectivity index is 2.11. The van der Waals surface area contributed by atoms with Crippen LogP contribution in [0.25, 0.3) is 0 Å². The van der Waals surface area contributed by atoms with Gasteiger partial charge in [0.15, 0.2) is 0 Å². The van der Waals surface area contributed by atoms with Crippen molar-refractivity contribution in [2.45, 2.75) is 13.0 Å². The average molecular weight is 368 g/mol. The summed E-state index contributed by atoms with van der Waals surface area (Å²) in [7, 11) is 0. The number of hydrogen-bond donors (Lipinski definition) is 0. The first kappa shape index (κ1) is 18.2. The SMILES string of the molecule is CCN(C(=O)c1c(F)cccc1Cl)C(c1ccccc1)c1ccccc1. The first-order chi connectivity index (χ1) is 12.6. The van der Waals surface area contributed by atoms with E-state index in [2.05, 4.69) is 0 Å². The van der Waals surface area contributed by atoms with Gasteiger partial charge in [-0.3, -0.25) is 4.79 Å². The number of carbonyl (C=O) groups is 1. The summed E-state index contributed by atoms with van der Waals surface area (Å²) in [4.78, 5) is 14.9. The molecule has 0 aliphatic carbocycles. The van der Waals surface area contributed by atoms with Gasteiger partial charge in [0.05, 0.1) is 16.6 Å². The lowest BCUT2D eigenvalue weighted by atomic mass is 9.96. The monoisotopic (exact) mass is 367 g/mol. The highest BCUT2D eigenvalue weighted by Gasteiger charge is 2.29. The lowest BCUT2D eigenvalue weighted by Crippen LogP contribution is -2.36. The summed E-state index contributed by atoms with van der Waals surface area (Å²) in [5.74, 6) is -1.03. The molecule has 0 aliphatic rings. The molecule has 26 heavy (non-hydrogen) atoms. The molecule has 0 unspecified atom stereocenters. The fourth-order valence-corrected chi connectivity index (χ4v) is 3.36. The van der Waals surface area contributed by atoms with Gasteiger partial charge in [-0.25, -0.2) is 4.39 Å². The van der Waals surface area contributed by atoms with Gasteiger partial charge in [-0.1, -0.05) is 78.3 Å². The third kappa shape index (κ3) is 3.63. The van der Waals surface area contributed by atoms with Gasteiger partial charge in [-0.15, -0.1) is 0 Å². The normalized spacial score (nSPS) is 10.8. The van der Waals surface area contributed by atoms with Crippen molar-refractivity contribution in [2.24, 2.45) is 0 Å². The maximum absolute atomic E-state index is 14.3. The molecular formula is C22H19ClFNO. The second-order valence-corrected chi connectivity index (χ2v) is 6.32. The molecule has 0 saturated heterocycles. The van der Waals surface area contributed by atoms with Crippen molar-refractivity contribution < 1.29 is 9.18 Å². The van der Waals surface area contributed by atoms with Crippen LogP contribution in [-0.4, -0.2) is 17.4 Å². The average Bonchev–Trinajstić information content (AvgIpc) is 2.67. The van der Waals surface area contributed by atoms with Crippen molar-refractivity contribution in [1.82, 2.24) is 4.90 Å². The second-order valence-electron chi connectivity index (χ2n) is 5.91. The standard InChI is InChI=1S/C22H19ClFNO/c1-2-25(22(26)20-18(23)14-9-15-19(20)24)21(16-10-5-3-6-11-16)17-12-7-4-8-13-17/h3-15,21H,2H2,1H3. The van der Waals surface area contributed by atoms with Crippen LogP contribution in [0.5, 0.6) is 0 Å². The fourth-order valence-electron chi connectivity index (χ4n) is 3.11. The molecule has 3 aromatic rings. The molecule has 1 amide bonds. The molecule has 0 heterocycles. The molecule has 0 aromatic heterocycles. The van der Waals surface area contributed by atoms with Gasteiger partial charge >= 0.3 is 0 Å². The summed E-state index contributed by atoms with van der Waals surface area (Å²) in [6.07, 6.45) is 0. The second kappa shape index (κ2) is 8.15. The van der Waals surface area contributed by atoms with E-state index in [1.165, 1.54) is 18.2 Å². The molecule has 3 aromatic carbocycles. The molecule has 3 rings (SSSR count). The number of hydrogen-bond acceptors (Lipinski definition) is 1. The van der Waals surface area contributed by atoms with Crippen LogP contribution in [0.15, 0.2) is 78.9 Å². The van der Waals surface area contributed by atoms with E-state index in [1.807, 2.05) is 67.6 Å². The zero-order valence-electron chi connectivity index (χ0n) is 14.4. The van der Waals surface area contributed by atoms with Gasteiger partial charge in [0, 0.05) is 6.54 Å². The van der Waals surface area contributed by atoms with Crippen molar-refractivity contribution in [3.63, 3.8) is 0 Å². The Labute approximate surface area is 157 Å². The van der Waals surface area contributed by atoms with Gasteiger partial charge in [-0.2, -0.15) is 0 Å². The zero-order chi connectivity index (χ0) is 18.5. The van der Waals surface area contributed by atoms with Crippen LogP contribution in [0.4, 0.5) is 4.39 Å². The smallest absolute Gasteiger partial charge is 0.259 e. The van der Waals surface area contributed by atoms with E-state index in [-0.39, 0.29) is 16.6 Å². The van der Waals surface area contributed by atoms with Crippen molar-refractivity contribution in [1.29, 1.82) is 0 Å². The lowest BCUT2D eigenvalue weighted by molar-refractivity contribution is 0.0712. The van der Waals surface area contributed by atoms with Crippen LogP contribution in [0.1, 0.15) is 34.5 Å². The molecule has 0 N–H and O–H groups in total. The number of nitrogens with zero attached hydrogens (tertiary/aromatic N) is 1. The highest BCUT2D eigenvalue weighted by atomic mass is 35.5. The topological polar surface area (TPSA) is 20.3 Å². The maximum Gasteiger partial charge on any atom is 0.259 e.